The Kier molecular flexibility index (Phi) is 6.09. The maximum atomic E-state index is 12.6. The number of piperidine rings is 2. The third-order valence-electron chi connectivity index (χ3n) is 5.51. The van der Waals surface area contributed by atoms with E-state index in [0.717, 1.165) is 31.4 Å². The maximum Gasteiger partial charge on any atom is 0.245 e. The molecule has 2 heterocycles. The zero-order chi connectivity index (χ0) is 20.7. The van der Waals surface area contributed by atoms with E-state index in [4.69, 9.17) is 0 Å². The molecule has 4 N–H and O–H groups in total. The molecule has 0 saturated carbocycles. The van der Waals surface area contributed by atoms with Crippen LogP contribution in [0.1, 0.15) is 88.0 Å². The minimum absolute atomic E-state index is 0.00551. The van der Waals surface area contributed by atoms with Gasteiger partial charge in [-0.1, -0.05) is 0 Å². The van der Waals surface area contributed by atoms with Gasteiger partial charge in [-0.2, -0.15) is 0 Å². The normalized spacial score (nSPS) is 27.8. The van der Waals surface area contributed by atoms with Gasteiger partial charge >= 0.3 is 0 Å². The Bertz CT molecular complexity index is 557. The van der Waals surface area contributed by atoms with E-state index in [9.17, 15) is 4.79 Å². The molecule has 1 amide bonds. The second kappa shape index (κ2) is 7.40. The summed E-state index contributed by atoms with van der Waals surface area (Å²) < 4.78 is 0. The molecule has 2 aliphatic rings. The lowest BCUT2D eigenvalue weighted by Crippen LogP contribution is -2.62. The van der Waals surface area contributed by atoms with Crippen LogP contribution in [0.3, 0.4) is 0 Å². The quantitative estimate of drug-likeness (QED) is 0.567. The van der Waals surface area contributed by atoms with Crippen LogP contribution in [0, 0.1) is 0 Å². The number of allylic oxidation sites excluding steroid dienone is 1. The van der Waals surface area contributed by atoms with Gasteiger partial charge in [-0.05, 0) is 88.0 Å². The highest BCUT2D eigenvalue weighted by Gasteiger charge is 2.39. The molecule has 0 bridgehead atoms. The SMILES string of the molecule is C/C(=C\C(=O)NC1CC(C)(C)NC(C)(C)C1)NC1CC(C)(C)NC(C)(C)C1. The van der Waals surface area contributed by atoms with Crippen LogP contribution in [0.4, 0.5) is 0 Å². The molecule has 27 heavy (non-hydrogen) atoms. The number of rotatable bonds is 4. The standard InChI is InChI=1S/C22H42N4O/c1-15(23-16-11-19(2,3)25-20(4,5)12-16)10-18(27)24-17-13-21(6,7)26-22(8,9)14-17/h10,16-17,23,25-26H,11-14H2,1-9H3,(H,24,27)/b15-10+. The third kappa shape index (κ3) is 7.11. The van der Waals surface area contributed by atoms with E-state index >= 15 is 0 Å². The Morgan fingerprint density at radius 2 is 1.07 bits per heavy atom. The van der Waals surface area contributed by atoms with E-state index in [1.807, 2.05) is 6.92 Å². The highest BCUT2D eigenvalue weighted by Crippen LogP contribution is 2.30. The first-order chi connectivity index (χ1) is 12.1. The van der Waals surface area contributed by atoms with E-state index in [2.05, 4.69) is 76.7 Å². The van der Waals surface area contributed by atoms with Crippen molar-refractivity contribution in [1.29, 1.82) is 0 Å². The maximum absolute atomic E-state index is 12.6. The summed E-state index contributed by atoms with van der Waals surface area (Å²) in [5.74, 6) is 0.00551. The number of amides is 1. The summed E-state index contributed by atoms with van der Waals surface area (Å²) in [4.78, 5) is 12.6. The molecule has 2 fully saturated rings. The van der Waals surface area contributed by atoms with Crippen molar-refractivity contribution in [2.24, 2.45) is 0 Å². The third-order valence-corrected chi connectivity index (χ3v) is 5.51. The fourth-order valence-electron chi connectivity index (χ4n) is 5.65. The van der Waals surface area contributed by atoms with Crippen molar-refractivity contribution in [3.05, 3.63) is 11.8 Å². The number of carbonyl (C=O) groups excluding carboxylic acids is 1. The summed E-state index contributed by atoms with van der Waals surface area (Å²) in [6.45, 7) is 19.8. The minimum atomic E-state index is 0.00551. The molecule has 5 heteroatoms. The average molecular weight is 379 g/mol. The zero-order valence-electron chi connectivity index (χ0n) is 19.0. The molecular weight excluding hydrogens is 336 g/mol. The average Bonchev–Trinajstić information content (AvgIpc) is 2.28. The van der Waals surface area contributed by atoms with Crippen molar-refractivity contribution in [2.45, 2.75) is 122 Å². The Hall–Kier alpha value is -1.07. The van der Waals surface area contributed by atoms with Crippen molar-refractivity contribution < 1.29 is 4.79 Å². The van der Waals surface area contributed by atoms with Crippen LogP contribution >= 0.6 is 0 Å². The Labute approximate surface area is 166 Å². The number of nitrogens with one attached hydrogen (secondary N) is 4. The summed E-state index contributed by atoms with van der Waals surface area (Å²) in [7, 11) is 0. The Balaban J connectivity index is 1.94. The van der Waals surface area contributed by atoms with Gasteiger partial charge in [0.05, 0.1) is 0 Å². The molecule has 0 aromatic rings. The lowest BCUT2D eigenvalue weighted by Gasteiger charge is -2.47. The van der Waals surface area contributed by atoms with Crippen molar-refractivity contribution in [1.82, 2.24) is 21.3 Å². The van der Waals surface area contributed by atoms with Gasteiger partial charge in [0.25, 0.3) is 0 Å². The van der Waals surface area contributed by atoms with Gasteiger partial charge in [-0.3, -0.25) is 4.79 Å². The topological polar surface area (TPSA) is 65.2 Å². The van der Waals surface area contributed by atoms with Crippen molar-refractivity contribution >= 4 is 5.91 Å². The lowest BCUT2D eigenvalue weighted by molar-refractivity contribution is -0.117. The fourth-order valence-corrected chi connectivity index (χ4v) is 5.65. The predicted molar refractivity (Wildman–Crippen MR) is 114 cm³/mol. The smallest absolute Gasteiger partial charge is 0.245 e. The van der Waals surface area contributed by atoms with Gasteiger partial charge in [0.2, 0.25) is 5.91 Å². The van der Waals surface area contributed by atoms with E-state index < -0.39 is 0 Å². The first-order valence-corrected chi connectivity index (χ1v) is 10.4. The predicted octanol–water partition coefficient (Wildman–Crippen LogP) is 3.21. The molecular formula is C22H42N4O. The first-order valence-electron chi connectivity index (χ1n) is 10.4. The molecule has 0 aromatic carbocycles. The van der Waals surface area contributed by atoms with Crippen LogP contribution in [-0.2, 0) is 4.79 Å². The van der Waals surface area contributed by atoms with Gasteiger partial charge in [-0.25, -0.2) is 0 Å². The van der Waals surface area contributed by atoms with E-state index in [0.29, 0.717) is 6.04 Å². The second-order valence-corrected chi connectivity index (χ2v) is 11.5. The van der Waals surface area contributed by atoms with Crippen molar-refractivity contribution in [3.63, 3.8) is 0 Å². The highest BCUT2D eigenvalue weighted by molar-refractivity contribution is 5.88. The molecule has 0 aliphatic carbocycles. The van der Waals surface area contributed by atoms with Gasteiger partial charge in [0.1, 0.15) is 0 Å². The molecule has 0 aromatic heterocycles. The molecule has 156 valence electrons. The fraction of sp³-hybridized carbons (Fsp3) is 0.864. The monoisotopic (exact) mass is 378 g/mol. The number of hydrogen-bond donors (Lipinski definition) is 4. The van der Waals surface area contributed by atoms with Crippen LogP contribution in [0.25, 0.3) is 0 Å². The van der Waals surface area contributed by atoms with Gasteiger partial charge in [-0.15, -0.1) is 0 Å². The largest absolute Gasteiger partial charge is 0.386 e. The van der Waals surface area contributed by atoms with Gasteiger partial charge in [0.15, 0.2) is 0 Å². The molecule has 2 rings (SSSR count). The second-order valence-electron chi connectivity index (χ2n) is 11.5. The molecule has 0 unspecified atom stereocenters. The number of carbonyl (C=O) groups is 1. The van der Waals surface area contributed by atoms with Crippen LogP contribution in [-0.4, -0.2) is 40.1 Å². The van der Waals surface area contributed by atoms with Gasteiger partial charge in [0, 0.05) is 46.0 Å². The summed E-state index contributed by atoms with van der Waals surface area (Å²) in [5, 5.41) is 14.2. The summed E-state index contributed by atoms with van der Waals surface area (Å²) >= 11 is 0. The molecule has 0 spiro atoms. The summed E-state index contributed by atoms with van der Waals surface area (Å²) in [5.41, 5.74) is 1.19. The molecule has 0 radical (unpaired) electrons. The molecule has 2 saturated heterocycles. The van der Waals surface area contributed by atoms with Crippen LogP contribution in [0.15, 0.2) is 11.8 Å². The van der Waals surface area contributed by atoms with Crippen LogP contribution in [0.5, 0.6) is 0 Å². The van der Waals surface area contributed by atoms with Crippen molar-refractivity contribution in [3.8, 4) is 0 Å². The molecule has 5 nitrogen and oxygen atoms in total. The first kappa shape index (κ1) is 22.2. The van der Waals surface area contributed by atoms with Crippen LogP contribution < -0.4 is 21.3 Å². The number of hydrogen-bond acceptors (Lipinski definition) is 4. The molecule has 0 atom stereocenters. The van der Waals surface area contributed by atoms with Crippen LogP contribution in [0.2, 0.25) is 0 Å². The van der Waals surface area contributed by atoms with Crippen molar-refractivity contribution in [2.75, 3.05) is 0 Å². The molecule has 2 aliphatic heterocycles. The lowest BCUT2D eigenvalue weighted by atomic mass is 9.79. The summed E-state index contributed by atoms with van der Waals surface area (Å²) in [6.07, 6.45) is 5.70. The van der Waals surface area contributed by atoms with E-state index in [1.165, 1.54) is 0 Å². The summed E-state index contributed by atoms with van der Waals surface area (Å²) in [6, 6.07) is 0.571. The zero-order valence-corrected chi connectivity index (χ0v) is 19.0. The van der Waals surface area contributed by atoms with Gasteiger partial charge < -0.3 is 21.3 Å². The minimum Gasteiger partial charge on any atom is -0.386 e. The highest BCUT2D eigenvalue weighted by atomic mass is 16.1. The Morgan fingerprint density at radius 3 is 1.44 bits per heavy atom. The van der Waals surface area contributed by atoms with E-state index in [1.54, 1.807) is 6.08 Å². The van der Waals surface area contributed by atoms with E-state index in [-0.39, 0.29) is 34.1 Å². The Morgan fingerprint density at radius 1 is 0.741 bits per heavy atom.